The van der Waals surface area contributed by atoms with Crippen LogP contribution in [0, 0.1) is 5.92 Å². The average molecular weight is 285 g/mol. The van der Waals surface area contributed by atoms with Crippen LogP contribution in [-0.4, -0.2) is 18.7 Å². The molecular weight excluding hydrogens is 271 g/mol. The van der Waals surface area contributed by atoms with Crippen LogP contribution < -0.4 is 5.32 Å². The number of aldehydes is 1. The van der Waals surface area contributed by atoms with Crippen LogP contribution in [0.4, 0.5) is 13.2 Å². The van der Waals surface area contributed by atoms with Crippen LogP contribution in [0.25, 0.3) is 0 Å². The third-order valence-electron chi connectivity index (χ3n) is 3.42. The summed E-state index contributed by atoms with van der Waals surface area (Å²) in [5.74, 6) is -1.50. The second kappa shape index (κ2) is 5.26. The molecule has 1 aliphatic heterocycles. The maximum atomic E-state index is 12.7. The molecule has 2 atom stereocenters. The van der Waals surface area contributed by atoms with E-state index in [9.17, 15) is 22.8 Å². The third-order valence-corrected chi connectivity index (χ3v) is 3.42. The molecule has 6 heteroatoms. The third kappa shape index (κ3) is 2.84. The van der Waals surface area contributed by atoms with Gasteiger partial charge in [-0.15, -0.1) is 0 Å². The number of rotatable bonds is 1. The molecule has 1 N–H and O–H groups in total. The first kappa shape index (κ1) is 14.6. The van der Waals surface area contributed by atoms with Crippen molar-refractivity contribution in [1.29, 1.82) is 0 Å². The van der Waals surface area contributed by atoms with E-state index in [1.807, 2.05) is 6.92 Å². The van der Waals surface area contributed by atoms with Crippen molar-refractivity contribution >= 4 is 12.2 Å². The quantitative estimate of drug-likeness (QED) is 0.635. The van der Waals surface area contributed by atoms with E-state index in [-0.39, 0.29) is 5.92 Å². The van der Waals surface area contributed by atoms with Crippen molar-refractivity contribution in [1.82, 2.24) is 5.32 Å². The largest absolute Gasteiger partial charge is 0.416 e. The molecule has 1 amide bonds. The van der Waals surface area contributed by atoms with Gasteiger partial charge in [0.2, 0.25) is 5.91 Å². The lowest BCUT2D eigenvalue weighted by molar-refractivity contribution is -0.137. The second-order valence-corrected chi connectivity index (χ2v) is 5.08. The van der Waals surface area contributed by atoms with Gasteiger partial charge in [-0.3, -0.25) is 4.79 Å². The highest BCUT2D eigenvalue weighted by Gasteiger charge is 2.33. The molecule has 0 bridgehead atoms. The Kier molecular flexibility index (Phi) is 3.83. The minimum Gasteiger partial charge on any atom is -0.355 e. The summed E-state index contributed by atoms with van der Waals surface area (Å²) in [5, 5.41) is 2.63. The van der Waals surface area contributed by atoms with Gasteiger partial charge >= 0.3 is 6.18 Å². The van der Waals surface area contributed by atoms with E-state index in [4.69, 9.17) is 0 Å². The smallest absolute Gasteiger partial charge is 0.355 e. The number of hydrogen-bond donors (Lipinski definition) is 1. The Bertz CT molecular complexity index is 540. The standard InChI is InChI=1S/C14H14F3NO2/c1-8-4-9-5-10(14(15,16)17)2-3-11(9)12(7-19)13(20)18-6-8/h2-3,5,7-8,12H,4,6H2,1H3,(H,18,20). The number of alkyl halides is 3. The van der Waals surface area contributed by atoms with Crippen LogP contribution in [0.15, 0.2) is 18.2 Å². The van der Waals surface area contributed by atoms with E-state index in [0.29, 0.717) is 30.4 Å². The summed E-state index contributed by atoms with van der Waals surface area (Å²) in [6, 6.07) is 3.19. The number of halogens is 3. The summed E-state index contributed by atoms with van der Waals surface area (Å²) in [6.45, 7) is 2.18. The molecule has 0 spiro atoms. The lowest BCUT2D eigenvalue weighted by atomic mass is 9.86. The average Bonchev–Trinajstić information content (AvgIpc) is 2.36. The van der Waals surface area contributed by atoms with Crippen molar-refractivity contribution < 1.29 is 22.8 Å². The molecule has 2 rings (SSSR count). The normalized spacial score (nSPS) is 23.3. The lowest BCUT2D eigenvalue weighted by Crippen LogP contribution is -2.36. The number of fused-ring (bicyclic) bond motifs is 1. The number of carbonyl (C=O) groups is 2. The van der Waals surface area contributed by atoms with Gasteiger partial charge in [-0.25, -0.2) is 0 Å². The van der Waals surface area contributed by atoms with Crippen LogP contribution in [0.5, 0.6) is 0 Å². The van der Waals surface area contributed by atoms with Gasteiger partial charge in [0.1, 0.15) is 12.2 Å². The molecule has 1 aromatic rings. The molecule has 1 aromatic carbocycles. The Morgan fingerprint density at radius 1 is 1.35 bits per heavy atom. The van der Waals surface area contributed by atoms with Crippen molar-refractivity contribution in [2.75, 3.05) is 6.54 Å². The molecule has 0 aromatic heterocycles. The highest BCUT2D eigenvalue weighted by Crippen LogP contribution is 2.33. The van der Waals surface area contributed by atoms with Crippen LogP contribution in [0.2, 0.25) is 0 Å². The van der Waals surface area contributed by atoms with Gasteiger partial charge < -0.3 is 10.1 Å². The van der Waals surface area contributed by atoms with Gasteiger partial charge in [0, 0.05) is 6.54 Å². The van der Waals surface area contributed by atoms with E-state index >= 15 is 0 Å². The first-order valence-electron chi connectivity index (χ1n) is 6.26. The Hall–Kier alpha value is -1.85. The molecule has 3 nitrogen and oxygen atoms in total. The molecule has 20 heavy (non-hydrogen) atoms. The molecule has 0 saturated carbocycles. The van der Waals surface area contributed by atoms with E-state index in [1.165, 1.54) is 6.07 Å². The van der Waals surface area contributed by atoms with Crippen molar-refractivity contribution in [3.63, 3.8) is 0 Å². The van der Waals surface area contributed by atoms with E-state index < -0.39 is 23.6 Å². The first-order valence-corrected chi connectivity index (χ1v) is 6.26. The number of amides is 1. The van der Waals surface area contributed by atoms with Gasteiger partial charge in [-0.2, -0.15) is 13.2 Å². The second-order valence-electron chi connectivity index (χ2n) is 5.08. The summed E-state index contributed by atoms with van der Waals surface area (Å²) in [6.07, 6.45) is -3.57. The molecule has 0 fully saturated rings. The minimum absolute atomic E-state index is 0.00813. The van der Waals surface area contributed by atoms with Gasteiger partial charge in [0.05, 0.1) is 5.56 Å². The fraction of sp³-hybridized carbons (Fsp3) is 0.429. The highest BCUT2D eigenvalue weighted by molar-refractivity contribution is 5.98. The zero-order valence-corrected chi connectivity index (χ0v) is 10.8. The molecule has 0 saturated heterocycles. The van der Waals surface area contributed by atoms with Crippen molar-refractivity contribution in [2.24, 2.45) is 5.92 Å². The maximum Gasteiger partial charge on any atom is 0.416 e. The summed E-state index contributed by atoms with van der Waals surface area (Å²) < 4.78 is 38.2. The van der Waals surface area contributed by atoms with Gasteiger partial charge in [0.15, 0.2) is 0 Å². The van der Waals surface area contributed by atoms with E-state index in [2.05, 4.69) is 5.32 Å². The van der Waals surface area contributed by atoms with Gasteiger partial charge in [-0.1, -0.05) is 13.0 Å². The lowest BCUT2D eigenvalue weighted by Gasteiger charge is -2.24. The summed E-state index contributed by atoms with van der Waals surface area (Å²) >= 11 is 0. The Morgan fingerprint density at radius 3 is 2.65 bits per heavy atom. The minimum atomic E-state index is -4.43. The van der Waals surface area contributed by atoms with Crippen LogP contribution in [-0.2, 0) is 22.2 Å². The Balaban J connectivity index is 2.53. The fourth-order valence-corrected chi connectivity index (χ4v) is 2.37. The van der Waals surface area contributed by atoms with Crippen molar-refractivity contribution in [3.05, 3.63) is 34.9 Å². The van der Waals surface area contributed by atoms with Gasteiger partial charge in [0.25, 0.3) is 0 Å². The molecule has 1 heterocycles. The SMILES string of the molecule is CC1CNC(=O)C(C=O)c2ccc(C(F)(F)F)cc2C1. The highest BCUT2D eigenvalue weighted by atomic mass is 19.4. The van der Waals surface area contributed by atoms with E-state index in [0.717, 1.165) is 12.1 Å². The number of hydrogen-bond acceptors (Lipinski definition) is 2. The topological polar surface area (TPSA) is 46.2 Å². The van der Waals surface area contributed by atoms with Crippen LogP contribution in [0.1, 0.15) is 29.5 Å². The molecule has 2 unspecified atom stereocenters. The molecule has 0 aliphatic carbocycles. The van der Waals surface area contributed by atoms with Crippen LogP contribution >= 0.6 is 0 Å². The molecule has 1 aliphatic rings. The first-order chi connectivity index (χ1) is 9.32. The predicted molar refractivity (Wildman–Crippen MR) is 66.1 cm³/mol. The number of carbonyl (C=O) groups excluding carboxylic acids is 2. The number of benzene rings is 1. The predicted octanol–water partition coefficient (Wildman–Crippen LogP) is 2.30. The summed E-state index contributed by atoms with van der Waals surface area (Å²) in [7, 11) is 0. The fourth-order valence-electron chi connectivity index (χ4n) is 2.37. The monoisotopic (exact) mass is 285 g/mol. The van der Waals surface area contributed by atoms with Crippen molar-refractivity contribution in [3.8, 4) is 0 Å². The molecule has 108 valence electrons. The van der Waals surface area contributed by atoms with Gasteiger partial charge in [-0.05, 0) is 35.6 Å². The zero-order chi connectivity index (χ0) is 14.9. The summed E-state index contributed by atoms with van der Waals surface area (Å²) in [5.41, 5.74) is 0.0189. The van der Waals surface area contributed by atoms with E-state index in [1.54, 1.807) is 0 Å². The Morgan fingerprint density at radius 2 is 2.05 bits per heavy atom. The maximum absolute atomic E-state index is 12.7. The van der Waals surface area contributed by atoms with Crippen LogP contribution in [0.3, 0.4) is 0 Å². The van der Waals surface area contributed by atoms with Crippen molar-refractivity contribution in [2.45, 2.75) is 25.4 Å². The summed E-state index contributed by atoms with van der Waals surface area (Å²) in [4.78, 5) is 22.9. The molecule has 0 radical (unpaired) electrons. The molecular formula is C14H14F3NO2. The zero-order valence-electron chi connectivity index (χ0n) is 10.8. The number of nitrogens with one attached hydrogen (secondary N) is 1. The Labute approximate surface area is 114 Å².